The highest BCUT2D eigenvalue weighted by Gasteiger charge is 2.25. The number of nitrogens with one attached hydrogen (secondary N) is 2. The molecule has 8 heteroatoms. The van der Waals surface area contributed by atoms with Crippen molar-refractivity contribution in [1.29, 1.82) is 0 Å². The van der Waals surface area contributed by atoms with Gasteiger partial charge in [0.1, 0.15) is 11.5 Å². The molecule has 0 radical (unpaired) electrons. The average molecular weight is 520 g/mol. The van der Waals surface area contributed by atoms with Gasteiger partial charge in [0.05, 0.1) is 25.3 Å². The summed E-state index contributed by atoms with van der Waals surface area (Å²) in [6.07, 6.45) is 4.75. The van der Waals surface area contributed by atoms with Gasteiger partial charge < -0.3 is 24.5 Å². The maximum Gasteiger partial charge on any atom is 0.191 e. The molecular weight excluding hydrogens is 483 g/mol. The summed E-state index contributed by atoms with van der Waals surface area (Å²) in [6.45, 7) is 11.0. The number of furan rings is 1. The first-order chi connectivity index (χ1) is 13.8. The number of aryl methyl sites for hydroxylation is 1. The van der Waals surface area contributed by atoms with Gasteiger partial charge in [0.25, 0.3) is 0 Å². The molecule has 1 aromatic rings. The second-order valence-electron chi connectivity index (χ2n) is 7.56. The molecule has 7 nitrogen and oxygen atoms in total. The van der Waals surface area contributed by atoms with Crippen LogP contribution in [0.25, 0.3) is 0 Å². The summed E-state index contributed by atoms with van der Waals surface area (Å²) < 4.78 is 17.1. The van der Waals surface area contributed by atoms with Gasteiger partial charge in [-0.3, -0.25) is 9.89 Å². The van der Waals surface area contributed by atoms with E-state index in [1.807, 2.05) is 13.0 Å². The van der Waals surface area contributed by atoms with E-state index in [1.54, 1.807) is 0 Å². The SMILES string of the molecule is CCNC(=NCC(c1ccc(C)o1)N1CCCC1)NCCCOC1CCOC1.I. The van der Waals surface area contributed by atoms with Crippen LogP contribution in [0.2, 0.25) is 0 Å². The van der Waals surface area contributed by atoms with Crippen LogP contribution in [-0.4, -0.2) is 69.5 Å². The van der Waals surface area contributed by atoms with E-state index in [1.165, 1.54) is 12.8 Å². The van der Waals surface area contributed by atoms with E-state index in [2.05, 4.69) is 28.5 Å². The van der Waals surface area contributed by atoms with Crippen LogP contribution in [0.5, 0.6) is 0 Å². The zero-order valence-corrected chi connectivity index (χ0v) is 20.2. The van der Waals surface area contributed by atoms with E-state index < -0.39 is 0 Å². The van der Waals surface area contributed by atoms with Crippen molar-refractivity contribution < 1.29 is 13.9 Å². The van der Waals surface area contributed by atoms with Crippen molar-refractivity contribution in [2.24, 2.45) is 4.99 Å². The van der Waals surface area contributed by atoms with E-state index >= 15 is 0 Å². The molecule has 3 rings (SSSR count). The molecule has 0 aliphatic carbocycles. The minimum Gasteiger partial charge on any atom is -0.465 e. The average Bonchev–Trinajstić information content (AvgIpc) is 3.45. The minimum atomic E-state index is 0. The van der Waals surface area contributed by atoms with E-state index in [0.29, 0.717) is 6.54 Å². The molecule has 3 heterocycles. The highest BCUT2D eigenvalue weighted by atomic mass is 127. The molecular formula is C21H37IN4O3. The van der Waals surface area contributed by atoms with Crippen LogP contribution in [0.3, 0.4) is 0 Å². The van der Waals surface area contributed by atoms with Crippen LogP contribution < -0.4 is 10.6 Å². The Morgan fingerprint density at radius 2 is 2.14 bits per heavy atom. The van der Waals surface area contributed by atoms with Gasteiger partial charge >= 0.3 is 0 Å². The summed E-state index contributed by atoms with van der Waals surface area (Å²) in [5.41, 5.74) is 0. The first kappa shape index (κ1) is 24.4. The standard InChI is InChI=1S/C21H36N4O3.HI/c1-3-22-21(23-10-6-13-27-18-9-14-26-16-18)24-15-19(25-11-4-5-12-25)20-8-7-17(2)28-20;/h7-8,18-19H,3-6,9-16H2,1-2H3,(H2,22,23,24);1H. The fourth-order valence-electron chi connectivity index (χ4n) is 3.76. The van der Waals surface area contributed by atoms with E-state index in [9.17, 15) is 0 Å². The van der Waals surface area contributed by atoms with E-state index in [-0.39, 0.29) is 36.1 Å². The van der Waals surface area contributed by atoms with Gasteiger partial charge in [-0.05, 0) is 64.8 Å². The third-order valence-corrected chi connectivity index (χ3v) is 5.29. The Labute approximate surface area is 192 Å². The molecule has 2 aliphatic heterocycles. The van der Waals surface area contributed by atoms with Crippen LogP contribution >= 0.6 is 24.0 Å². The predicted octanol–water partition coefficient (Wildman–Crippen LogP) is 3.09. The Kier molecular flexibility index (Phi) is 11.3. The van der Waals surface area contributed by atoms with Crippen molar-refractivity contribution in [2.75, 3.05) is 52.5 Å². The van der Waals surface area contributed by atoms with Crippen molar-refractivity contribution in [3.05, 3.63) is 23.7 Å². The molecule has 0 saturated carbocycles. The smallest absolute Gasteiger partial charge is 0.191 e. The molecule has 2 saturated heterocycles. The summed E-state index contributed by atoms with van der Waals surface area (Å²) in [5.74, 6) is 2.84. The third kappa shape index (κ3) is 8.07. The van der Waals surface area contributed by atoms with Gasteiger partial charge in [0.2, 0.25) is 0 Å². The Balaban J connectivity index is 0.00000300. The lowest BCUT2D eigenvalue weighted by Gasteiger charge is -2.24. The molecule has 2 atom stereocenters. The normalized spacial score (nSPS) is 21.2. The monoisotopic (exact) mass is 520 g/mol. The minimum absolute atomic E-state index is 0. The maximum absolute atomic E-state index is 5.93. The van der Waals surface area contributed by atoms with Gasteiger partial charge in [0, 0.05) is 26.3 Å². The van der Waals surface area contributed by atoms with Gasteiger partial charge in [-0.15, -0.1) is 24.0 Å². The Morgan fingerprint density at radius 1 is 1.31 bits per heavy atom. The Morgan fingerprint density at radius 3 is 2.79 bits per heavy atom. The Hall–Kier alpha value is -0.840. The highest BCUT2D eigenvalue weighted by Crippen LogP contribution is 2.26. The summed E-state index contributed by atoms with van der Waals surface area (Å²) in [7, 11) is 0. The quantitative estimate of drug-likeness (QED) is 0.214. The lowest BCUT2D eigenvalue weighted by atomic mass is 10.2. The summed E-state index contributed by atoms with van der Waals surface area (Å²) in [4.78, 5) is 7.34. The molecule has 2 N–H and O–H groups in total. The molecule has 1 aromatic heterocycles. The van der Waals surface area contributed by atoms with Crippen molar-refractivity contribution in [1.82, 2.24) is 15.5 Å². The largest absolute Gasteiger partial charge is 0.465 e. The Bertz CT molecular complexity index is 599. The van der Waals surface area contributed by atoms with Crippen molar-refractivity contribution in [3.63, 3.8) is 0 Å². The number of hydrogen-bond donors (Lipinski definition) is 2. The summed E-state index contributed by atoms with van der Waals surface area (Å²) in [5, 5.41) is 6.77. The lowest BCUT2D eigenvalue weighted by molar-refractivity contribution is 0.0420. The molecule has 0 spiro atoms. The zero-order chi connectivity index (χ0) is 19.6. The number of ether oxygens (including phenoxy) is 2. The molecule has 0 amide bonds. The fourth-order valence-corrected chi connectivity index (χ4v) is 3.76. The zero-order valence-electron chi connectivity index (χ0n) is 17.8. The van der Waals surface area contributed by atoms with E-state index in [0.717, 1.165) is 76.3 Å². The number of hydrogen-bond acceptors (Lipinski definition) is 5. The van der Waals surface area contributed by atoms with Crippen LogP contribution in [0.15, 0.2) is 21.5 Å². The predicted molar refractivity (Wildman–Crippen MR) is 126 cm³/mol. The number of likely N-dealkylation sites (tertiary alicyclic amines) is 1. The second-order valence-corrected chi connectivity index (χ2v) is 7.56. The molecule has 0 aromatic carbocycles. The van der Waals surface area contributed by atoms with Gasteiger partial charge in [-0.2, -0.15) is 0 Å². The number of nitrogens with zero attached hydrogens (tertiary/aromatic N) is 2. The first-order valence-corrected chi connectivity index (χ1v) is 10.8. The first-order valence-electron chi connectivity index (χ1n) is 10.8. The second kappa shape index (κ2) is 13.5. The molecule has 29 heavy (non-hydrogen) atoms. The van der Waals surface area contributed by atoms with Crippen LogP contribution in [-0.2, 0) is 9.47 Å². The molecule has 166 valence electrons. The third-order valence-electron chi connectivity index (χ3n) is 5.29. The van der Waals surface area contributed by atoms with Crippen molar-refractivity contribution in [2.45, 2.75) is 51.7 Å². The van der Waals surface area contributed by atoms with Crippen LogP contribution in [0.4, 0.5) is 0 Å². The van der Waals surface area contributed by atoms with Gasteiger partial charge in [-0.25, -0.2) is 0 Å². The number of aliphatic imine (C=N–C) groups is 1. The topological polar surface area (TPSA) is 71.3 Å². The number of guanidine groups is 1. The van der Waals surface area contributed by atoms with E-state index in [4.69, 9.17) is 18.9 Å². The van der Waals surface area contributed by atoms with Crippen LogP contribution in [0.1, 0.15) is 50.2 Å². The molecule has 2 fully saturated rings. The lowest BCUT2D eigenvalue weighted by Crippen LogP contribution is -2.39. The van der Waals surface area contributed by atoms with Crippen LogP contribution in [0, 0.1) is 6.92 Å². The molecule has 2 aliphatic rings. The molecule has 0 bridgehead atoms. The van der Waals surface area contributed by atoms with Gasteiger partial charge in [-0.1, -0.05) is 0 Å². The number of halogens is 1. The highest BCUT2D eigenvalue weighted by molar-refractivity contribution is 14.0. The maximum atomic E-state index is 5.93. The van der Waals surface area contributed by atoms with Crippen molar-refractivity contribution in [3.8, 4) is 0 Å². The summed E-state index contributed by atoms with van der Waals surface area (Å²) in [6, 6.07) is 4.34. The number of rotatable bonds is 10. The molecule has 2 unspecified atom stereocenters. The van der Waals surface area contributed by atoms with Gasteiger partial charge in [0.15, 0.2) is 5.96 Å². The summed E-state index contributed by atoms with van der Waals surface area (Å²) >= 11 is 0. The fraction of sp³-hybridized carbons (Fsp3) is 0.762. The van der Waals surface area contributed by atoms with Crippen molar-refractivity contribution >= 4 is 29.9 Å².